The fraction of sp³-hybridized carbons (Fsp3) is 0.0286. The number of benzene rings is 7. The van der Waals surface area contributed by atoms with Crippen molar-refractivity contribution in [3.63, 3.8) is 0 Å². The third kappa shape index (κ3) is 3.22. The van der Waals surface area contributed by atoms with E-state index in [1.165, 1.54) is 70.9 Å². The van der Waals surface area contributed by atoms with Crippen molar-refractivity contribution in [2.75, 3.05) is 0 Å². The zero-order chi connectivity index (χ0) is 23.4. The SMILES string of the molecule is Cc1cc(-c2c3ccccc3cc3ccccc23)cc(-c2c3ccccc3cc3ccccc23)c1. The molecule has 0 aliphatic rings. The van der Waals surface area contributed by atoms with Crippen molar-refractivity contribution in [3.05, 3.63) is 133 Å². The third-order valence-electron chi connectivity index (χ3n) is 7.20. The van der Waals surface area contributed by atoms with Crippen LogP contribution in [0, 0.1) is 6.92 Å². The van der Waals surface area contributed by atoms with Gasteiger partial charge in [-0.1, -0.05) is 109 Å². The lowest BCUT2D eigenvalue weighted by Crippen LogP contribution is -1.90. The van der Waals surface area contributed by atoms with E-state index in [0.717, 1.165) is 0 Å². The lowest BCUT2D eigenvalue weighted by molar-refractivity contribution is 1.47. The van der Waals surface area contributed by atoms with Crippen LogP contribution in [0.3, 0.4) is 0 Å². The Balaban J connectivity index is 1.60. The molecule has 7 aromatic rings. The van der Waals surface area contributed by atoms with Crippen molar-refractivity contribution in [1.82, 2.24) is 0 Å². The highest BCUT2D eigenvalue weighted by Crippen LogP contribution is 2.41. The largest absolute Gasteiger partial charge is 0.0616 e. The number of hydrogen-bond donors (Lipinski definition) is 0. The lowest BCUT2D eigenvalue weighted by atomic mass is 9.87. The van der Waals surface area contributed by atoms with Crippen LogP contribution in [0.4, 0.5) is 0 Å². The molecule has 0 N–H and O–H groups in total. The van der Waals surface area contributed by atoms with E-state index in [4.69, 9.17) is 0 Å². The maximum absolute atomic E-state index is 2.40. The van der Waals surface area contributed by atoms with Crippen molar-refractivity contribution < 1.29 is 0 Å². The van der Waals surface area contributed by atoms with Crippen LogP contribution in [0.1, 0.15) is 5.56 Å². The minimum atomic E-state index is 1.27. The standard InChI is InChI=1S/C35H24/c1-23-18-28(34-30-14-6-2-10-24(30)20-25-11-3-7-15-31(25)34)22-29(19-23)35-32-16-8-4-12-26(32)21-27-13-5-9-17-33(27)35/h2-22H,1H3. The van der Waals surface area contributed by atoms with E-state index in [0.29, 0.717) is 0 Å². The average molecular weight is 445 g/mol. The Bertz CT molecular complexity index is 1660. The Labute approximate surface area is 205 Å². The van der Waals surface area contributed by atoms with Gasteiger partial charge in [-0.15, -0.1) is 0 Å². The van der Waals surface area contributed by atoms with Gasteiger partial charge in [0, 0.05) is 0 Å². The molecule has 0 bridgehead atoms. The average Bonchev–Trinajstić information content (AvgIpc) is 2.90. The summed E-state index contributed by atoms with van der Waals surface area (Å²) in [6.45, 7) is 2.22. The van der Waals surface area contributed by atoms with E-state index >= 15 is 0 Å². The monoisotopic (exact) mass is 444 g/mol. The molecule has 0 spiro atoms. The molecule has 0 radical (unpaired) electrons. The summed E-state index contributed by atoms with van der Waals surface area (Å²) in [6.07, 6.45) is 0. The van der Waals surface area contributed by atoms with E-state index in [-0.39, 0.29) is 0 Å². The molecule has 0 fully saturated rings. The summed E-state index contributed by atoms with van der Waals surface area (Å²) in [6, 6.07) is 46.7. The summed E-state index contributed by atoms with van der Waals surface area (Å²) < 4.78 is 0. The van der Waals surface area contributed by atoms with Gasteiger partial charge in [0.25, 0.3) is 0 Å². The van der Waals surface area contributed by atoms with E-state index in [1.807, 2.05) is 0 Å². The minimum absolute atomic E-state index is 1.27. The molecule has 0 aromatic heterocycles. The summed E-state index contributed by atoms with van der Waals surface area (Å²) in [7, 11) is 0. The third-order valence-corrected chi connectivity index (χ3v) is 7.20. The second kappa shape index (κ2) is 7.82. The first-order valence-electron chi connectivity index (χ1n) is 12.2. The second-order valence-electron chi connectivity index (χ2n) is 9.48. The predicted molar refractivity (Wildman–Crippen MR) is 152 cm³/mol. The zero-order valence-corrected chi connectivity index (χ0v) is 19.6. The molecule has 0 saturated heterocycles. The maximum atomic E-state index is 2.40. The van der Waals surface area contributed by atoms with Gasteiger partial charge in [0.2, 0.25) is 0 Å². The van der Waals surface area contributed by atoms with Crippen LogP contribution < -0.4 is 0 Å². The molecule has 164 valence electrons. The number of aryl methyl sites for hydroxylation is 1. The Hall–Kier alpha value is -4.42. The quantitative estimate of drug-likeness (QED) is 0.233. The Morgan fingerprint density at radius 3 is 1.00 bits per heavy atom. The summed E-state index contributed by atoms with van der Waals surface area (Å²) >= 11 is 0. The fourth-order valence-corrected chi connectivity index (χ4v) is 5.72. The topological polar surface area (TPSA) is 0 Å². The highest BCUT2D eigenvalue weighted by Gasteiger charge is 2.14. The molecule has 0 atom stereocenters. The molecule has 7 aromatic carbocycles. The van der Waals surface area contributed by atoms with Crippen molar-refractivity contribution in [2.24, 2.45) is 0 Å². The van der Waals surface area contributed by atoms with Crippen LogP contribution in [0.25, 0.3) is 65.3 Å². The Morgan fingerprint density at radius 2 is 0.657 bits per heavy atom. The zero-order valence-electron chi connectivity index (χ0n) is 19.6. The molecular weight excluding hydrogens is 420 g/mol. The normalized spacial score (nSPS) is 11.6. The molecule has 0 aliphatic heterocycles. The molecule has 35 heavy (non-hydrogen) atoms. The van der Waals surface area contributed by atoms with Crippen LogP contribution in [-0.2, 0) is 0 Å². The highest BCUT2D eigenvalue weighted by atomic mass is 14.2. The van der Waals surface area contributed by atoms with Crippen LogP contribution in [0.5, 0.6) is 0 Å². The first kappa shape index (κ1) is 20.0. The molecule has 7 rings (SSSR count). The first-order valence-corrected chi connectivity index (χ1v) is 12.2. The van der Waals surface area contributed by atoms with Crippen LogP contribution in [0.15, 0.2) is 127 Å². The van der Waals surface area contributed by atoms with E-state index in [1.54, 1.807) is 0 Å². The van der Waals surface area contributed by atoms with Gasteiger partial charge in [-0.2, -0.15) is 0 Å². The highest BCUT2D eigenvalue weighted by molar-refractivity contribution is 6.15. The molecule has 0 heteroatoms. The summed E-state index contributed by atoms with van der Waals surface area (Å²) in [5.41, 5.74) is 6.43. The van der Waals surface area contributed by atoms with Gasteiger partial charge in [-0.05, 0) is 96.0 Å². The number of hydrogen-bond acceptors (Lipinski definition) is 0. The van der Waals surface area contributed by atoms with E-state index in [2.05, 4.69) is 134 Å². The van der Waals surface area contributed by atoms with Gasteiger partial charge in [-0.3, -0.25) is 0 Å². The first-order chi connectivity index (χ1) is 17.3. The van der Waals surface area contributed by atoms with E-state index < -0.39 is 0 Å². The van der Waals surface area contributed by atoms with Gasteiger partial charge in [0.1, 0.15) is 0 Å². The number of rotatable bonds is 2. The molecular formula is C35H24. The smallest absolute Gasteiger partial charge is 0.00265 e. The van der Waals surface area contributed by atoms with Gasteiger partial charge in [0.15, 0.2) is 0 Å². The molecule has 0 nitrogen and oxygen atoms in total. The van der Waals surface area contributed by atoms with Crippen LogP contribution >= 0.6 is 0 Å². The van der Waals surface area contributed by atoms with Crippen molar-refractivity contribution in [1.29, 1.82) is 0 Å². The van der Waals surface area contributed by atoms with Crippen molar-refractivity contribution >= 4 is 43.1 Å². The minimum Gasteiger partial charge on any atom is -0.0616 e. The van der Waals surface area contributed by atoms with Crippen LogP contribution in [0.2, 0.25) is 0 Å². The molecule has 0 saturated carbocycles. The Kier molecular flexibility index (Phi) is 4.47. The van der Waals surface area contributed by atoms with Gasteiger partial charge >= 0.3 is 0 Å². The van der Waals surface area contributed by atoms with Crippen LogP contribution in [-0.4, -0.2) is 0 Å². The fourth-order valence-electron chi connectivity index (χ4n) is 5.72. The lowest BCUT2D eigenvalue weighted by Gasteiger charge is -2.16. The van der Waals surface area contributed by atoms with Gasteiger partial charge < -0.3 is 0 Å². The molecule has 0 heterocycles. The number of fused-ring (bicyclic) bond motifs is 4. The molecule has 0 unspecified atom stereocenters. The van der Waals surface area contributed by atoms with E-state index in [9.17, 15) is 0 Å². The maximum Gasteiger partial charge on any atom is -0.00265 e. The van der Waals surface area contributed by atoms with Gasteiger partial charge in [-0.25, -0.2) is 0 Å². The predicted octanol–water partition coefficient (Wildman–Crippen LogP) is 9.94. The second-order valence-corrected chi connectivity index (χ2v) is 9.48. The van der Waals surface area contributed by atoms with Crippen molar-refractivity contribution in [2.45, 2.75) is 6.92 Å². The summed E-state index contributed by atoms with van der Waals surface area (Å²) in [5.74, 6) is 0. The Morgan fingerprint density at radius 1 is 0.343 bits per heavy atom. The van der Waals surface area contributed by atoms with Crippen molar-refractivity contribution in [3.8, 4) is 22.3 Å². The summed E-state index contributed by atoms with van der Waals surface area (Å²) in [5, 5.41) is 10.3. The molecule has 0 aliphatic carbocycles. The molecule has 0 amide bonds. The summed E-state index contributed by atoms with van der Waals surface area (Å²) in [4.78, 5) is 0. The van der Waals surface area contributed by atoms with Gasteiger partial charge in [0.05, 0.1) is 0 Å².